The number of aromatic nitrogens is 2. The van der Waals surface area contributed by atoms with E-state index in [1.165, 1.54) is 11.1 Å². The highest BCUT2D eigenvalue weighted by Gasteiger charge is 2.00. The van der Waals surface area contributed by atoms with Crippen LogP contribution in [-0.2, 0) is 0 Å². The number of anilines is 3. The van der Waals surface area contributed by atoms with Crippen LogP contribution in [0.25, 0.3) is 0 Å². The van der Waals surface area contributed by atoms with Crippen molar-refractivity contribution in [1.29, 1.82) is 0 Å². The van der Waals surface area contributed by atoms with E-state index in [4.69, 9.17) is 0 Å². The van der Waals surface area contributed by atoms with E-state index in [1.807, 2.05) is 6.07 Å². The van der Waals surface area contributed by atoms with E-state index in [1.54, 1.807) is 6.33 Å². The van der Waals surface area contributed by atoms with Gasteiger partial charge in [-0.25, -0.2) is 9.97 Å². The first-order chi connectivity index (χ1) is 9.19. The maximum atomic E-state index is 4.23. The average Bonchev–Trinajstić information content (AvgIpc) is 2.41. The maximum absolute atomic E-state index is 4.23. The van der Waals surface area contributed by atoms with Crippen molar-refractivity contribution < 1.29 is 0 Å². The number of benzene rings is 1. The van der Waals surface area contributed by atoms with Gasteiger partial charge in [0.2, 0.25) is 0 Å². The van der Waals surface area contributed by atoms with Gasteiger partial charge >= 0.3 is 0 Å². The second-order valence-electron chi connectivity index (χ2n) is 4.64. The maximum Gasteiger partial charge on any atom is 0.135 e. The summed E-state index contributed by atoms with van der Waals surface area (Å²) in [7, 11) is 0. The van der Waals surface area contributed by atoms with Gasteiger partial charge in [-0.2, -0.15) is 0 Å². The van der Waals surface area contributed by atoms with Gasteiger partial charge in [-0.05, 0) is 43.5 Å². The lowest BCUT2D eigenvalue weighted by molar-refractivity contribution is 0.965. The van der Waals surface area contributed by atoms with Crippen molar-refractivity contribution in [3.8, 4) is 0 Å². The fourth-order valence-electron chi connectivity index (χ4n) is 1.74. The Morgan fingerprint density at radius 2 is 1.79 bits per heavy atom. The van der Waals surface area contributed by atoms with E-state index >= 15 is 0 Å². The molecular weight excluding hydrogens is 236 g/mol. The van der Waals surface area contributed by atoms with Crippen LogP contribution in [-0.4, -0.2) is 16.5 Å². The summed E-state index contributed by atoms with van der Waals surface area (Å²) in [6, 6.07) is 8.21. The van der Waals surface area contributed by atoms with Crippen LogP contribution in [0.1, 0.15) is 24.5 Å². The summed E-state index contributed by atoms with van der Waals surface area (Å²) in [6.07, 6.45) is 2.64. The molecule has 1 aromatic carbocycles. The highest BCUT2D eigenvalue weighted by molar-refractivity contribution is 5.60. The fraction of sp³-hybridized carbons (Fsp3) is 0.333. The van der Waals surface area contributed by atoms with Crippen molar-refractivity contribution >= 4 is 17.3 Å². The van der Waals surface area contributed by atoms with Crippen LogP contribution in [0.2, 0.25) is 0 Å². The van der Waals surface area contributed by atoms with Crippen LogP contribution >= 0.6 is 0 Å². The summed E-state index contributed by atoms with van der Waals surface area (Å²) >= 11 is 0. The van der Waals surface area contributed by atoms with Crippen LogP contribution in [0.3, 0.4) is 0 Å². The molecule has 0 bridgehead atoms. The molecule has 2 aromatic rings. The van der Waals surface area contributed by atoms with E-state index in [2.05, 4.69) is 59.6 Å². The molecule has 0 radical (unpaired) electrons. The Morgan fingerprint density at radius 3 is 2.53 bits per heavy atom. The molecule has 2 rings (SSSR count). The Labute approximate surface area is 114 Å². The molecular formula is C15H20N4. The Bertz CT molecular complexity index is 552. The number of hydrogen-bond acceptors (Lipinski definition) is 4. The second kappa shape index (κ2) is 6.18. The van der Waals surface area contributed by atoms with Gasteiger partial charge in [-0.15, -0.1) is 0 Å². The molecule has 0 spiro atoms. The summed E-state index contributed by atoms with van der Waals surface area (Å²) < 4.78 is 0. The molecule has 1 aromatic heterocycles. The SMILES string of the molecule is CCCNc1cc(Nc2ccc(C)c(C)c2)ncn1. The highest BCUT2D eigenvalue weighted by Crippen LogP contribution is 2.19. The van der Waals surface area contributed by atoms with Gasteiger partial charge in [-0.1, -0.05) is 13.0 Å². The smallest absolute Gasteiger partial charge is 0.135 e. The number of hydrogen-bond donors (Lipinski definition) is 2. The van der Waals surface area contributed by atoms with E-state index in [9.17, 15) is 0 Å². The summed E-state index contributed by atoms with van der Waals surface area (Å²) in [5.74, 6) is 1.65. The quantitative estimate of drug-likeness (QED) is 0.857. The predicted molar refractivity (Wildman–Crippen MR) is 80.0 cm³/mol. The van der Waals surface area contributed by atoms with Gasteiger partial charge in [0.05, 0.1) is 0 Å². The lowest BCUT2D eigenvalue weighted by atomic mass is 10.1. The molecule has 0 aliphatic carbocycles. The van der Waals surface area contributed by atoms with E-state index in [0.29, 0.717) is 0 Å². The van der Waals surface area contributed by atoms with Crippen molar-refractivity contribution in [3.63, 3.8) is 0 Å². The number of aryl methyl sites for hydroxylation is 2. The third kappa shape index (κ3) is 3.68. The minimum Gasteiger partial charge on any atom is -0.370 e. The standard InChI is InChI=1S/C15H20N4/c1-4-7-16-14-9-15(18-10-17-14)19-13-6-5-11(2)12(3)8-13/h5-6,8-10H,4,7H2,1-3H3,(H2,16,17,18,19). The molecule has 0 atom stereocenters. The molecule has 19 heavy (non-hydrogen) atoms. The predicted octanol–water partition coefficient (Wildman–Crippen LogP) is 3.66. The summed E-state index contributed by atoms with van der Waals surface area (Å²) in [5, 5.41) is 6.55. The molecule has 0 aliphatic rings. The Kier molecular flexibility index (Phi) is 4.34. The Hall–Kier alpha value is -2.10. The van der Waals surface area contributed by atoms with E-state index in [-0.39, 0.29) is 0 Å². The Balaban J connectivity index is 2.11. The van der Waals surface area contributed by atoms with Gasteiger partial charge in [0.1, 0.15) is 18.0 Å². The highest BCUT2D eigenvalue weighted by atomic mass is 15.1. The summed E-state index contributed by atoms with van der Waals surface area (Å²) in [5.41, 5.74) is 3.60. The third-order valence-corrected chi connectivity index (χ3v) is 3.00. The largest absolute Gasteiger partial charge is 0.370 e. The first-order valence-corrected chi connectivity index (χ1v) is 6.59. The van der Waals surface area contributed by atoms with Crippen molar-refractivity contribution in [3.05, 3.63) is 41.7 Å². The van der Waals surface area contributed by atoms with Crippen LogP contribution in [0, 0.1) is 13.8 Å². The first kappa shape index (κ1) is 13.3. The van der Waals surface area contributed by atoms with Crippen LogP contribution < -0.4 is 10.6 Å². The van der Waals surface area contributed by atoms with Gasteiger partial charge in [0.15, 0.2) is 0 Å². The number of nitrogens with zero attached hydrogens (tertiary/aromatic N) is 2. The zero-order valence-corrected chi connectivity index (χ0v) is 11.7. The molecule has 0 fully saturated rings. The summed E-state index contributed by atoms with van der Waals surface area (Å²) in [4.78, 5) is 8.42. The topological polar surface area (TPSA) is 49.8 Å². The normalized spacial score (nSPS) is 10.3. The van der Waals surface area contributed by atoms with E-state index in [0.717, 1.165) is 30.3 Å². The number of nitrogens with one attached hydrogen (secondary N) is 2. The molecule has 0 aliphatic heterocycles. The van der Waals surface area contributed by atoms with Gasteiger partial charge in [-0.3, -0.25) is 0 Å². The fourth-order valence-corrected chi connectivity index (χ4v) is 1.74. The zero-order valence-electron chi connectivity index (χ0n) is 11.7. The van der Waals surface area contributed by atoms with E-state index < -0.39 is 0 Å². The van der Waals surface area contributed by atoms with Crippen molar-refractivity contribution in [2.24, 2.45) is 0 Å². The molecule has 0 saturated carbocycles. The van der Waals surface area contributed by atoms with Gasteiger partial charge < -0.3 is 10.6 Å². The Morgan fingerprint density at radius 1 is 1.00 bits per heavy atom. The van der Waals surface area contributed by atoms with Crippen LogP contribution in [0.15, 0.2) is 30.6 Å². The van der Waals surface area contributed by atoms with Crippen LogP contribution in [0.5, 0.6) is 0 Å². The van der Waals surface area contributed by atoms with Gasteiger partial charge in [0, 0.05) is 18.3 Å². The first-order valence-electron chi connectivity index (χ1n) is 6.59. The lowest BCUT2D eigenvalue weighted by Crippen LogP contribution is -2.03. The lowest BCUT2D eigenvalue weighted by Gasteiger charge is -2.09. The molecule has 4 heteroatoms. The monoisotopic (exact) mass is 256 g/mol. The van der Waals surface area contributed by atoms with Crippen LogP contribution in [0.4, 0.5) is 17.3 Å². The van der Waals surface area contributed by atoms with Crippen molar-refractivity contribution in [2.45, 2.75) is 27.2 Å². The molecule has 1 heterocycles. The third-order valence-electron chi connectivity index (χ3n) is 3.00. The number of rotatable bonds is 5. The molecule has 100 valence electrons. The van der Waals surface area contributed by atoms with Crippen molar-refractivity contribution in [2.75, 3.05) is 17.2 Å². The zero-order chi connectivity index (χ0) is 13.7. The molecule has 0 unspecified atom stereocenters. The van der Waals surface area contributed by atoms with Crippen molar-refractivity contribution in [1.82, 2.24) is 9.97 Å². The molecule has 0 amide bonds. The average molecular weight is 256 g/mol. The van der Waals surface area contributed by atoms with Gasteiger partial charge in [0.25, 0.3) is 0 Å². The second-order valence-corrected chi connectivity index (χ2v) is 4.64. The minimum atomic E-state index is 0.803. The molecule has 4 nitrogen and oxygen atoms in total. The molecule has 0 saturated heterocycles. The summed E-state index contributed by atoms with van der Waals surface area (Å²) in [6.45, 7) is 7.26. The minimum absolute atomic E-state index is 0.803. The molecule has 2 N–H and O–H groups in total.